The summed E-state index contributed by atoms with van der Waals surface area (Å²) in [6.45, 7) is 0.164. The van der Waals surface area contributed by atoms with Gasteiger partial charge in [0, 0.05) is 7.05 Å². The van der Waals surface area contributed by atoms with Crippen molar-refractivity contribution in [1.82, 2.24) is 14.8 Å². The lowest BCUT2D eigenvalue weighted by atomic mass is 10.1. The fraction of sp³-hybridized carbons (Fsp3) is 0.167. The third kappa shape index (κ3) is 1.72. The van der Waals surface area contributed by atoms with Crippen molar-refractivity contribution < 1.29 is 9.59 Å². The van der Waals surface area contributed by atoms with E-state index in [4.69, 9.17) is 11.6 Å². The minimum absolute atomic E-state index is 0.164. The topological polar surface area (TPSA) is 68.1 Å². The van der Waals surface area contributed by atoms with Gasteiger partial charge in [0.1, 0.15) is 6.33 Å². The van der Waals surface area contributed by atoms with E-state index in [1.54, 1.807) is 29.8 Å². The van der Waals surface area contributed by atoms with Crippen LogP contribution < -0.4 is 4.90 Å². The number of benzene rings is 1. The Labute approximate surface area is 113 Å². The zero-order valence-corrected chi connectivity index (χ0v) is 10.8. The van der Waals surface area contributed by atoms with E-state index in [9.17, 15) is 9.59 Å². The number of amides is 1. The fourth-order valence-corrected chi connectivity index (χ4v) is 2.33. The number of hydrogen-bond acceptors (Lipinski definition) is 4. The molecule has 1 aromatic carbocycles. The highest BCUT2D eigenvalue weighted by molar-refractivity contribution is 6.54. The number of fused-ring (bicyclic) bond motifs is 1. The third-order valence-electron chi connectivity index (χ3n) is 3.05. The number of carbonyl (C=O) groups is 2. The average molecular weight is 277 g/mol. The van der Waals surface area contributed by atoms with Crippen LogP contribution in [0.25, 0.3) is 0 Å². The van der Waals surface area contributed by atoms with Gasteiger partial charge >= 0.3 is 0 Å². The highest BCUT2D eigenvalue weighted by Gasteiger charge is 2.37. The molecule has 0 saturated heterocycles. The van der Waals surface area contributed by atoms with Crippen LogP contribution in [0.2, 0.25) is 5.02 Å². The number of anilines is 1. The predicted molar refractivity (Wildman–Crippen MR) is 68.0 cm³/mol. The van der Waals surface area contributed by atoms with E-state index in [1.165, 1.54) is 11.2 Å². The number of nitrogens with zero attached hydrogens (tertiary/aromatic N) is 4. The van der Waals surface area contributed by atoms with Gasteiger partial charge in [-0.1, -0.05) is 17.7 Å². The van der Waals surface area contributed by atoms with Crippen LogP contribution in [0.15, 0.2) is 24.5 Å². The maximum atomic E-state index is 12.0. The molecule has 1 aromatic heterocycles. The van der Waals surface area contributed by atoms with Crippen molar-refractivity contribution in [2.75, 3.05) is 4.90 Å². The largest absolute Gasteiger partial charge is 0.319 e. The van der Waals surface area contributed by atoms with Crippen molar-refractivity contribution in [3.05, 3.63) is 40.9 Å². The maximum Gasteiger partial charge on any atom is 0.299 e. The van der Waals surface area contributed by atoms with Crippen LogP contribution in [0.1, 0.15) is 16.2 Å². The second kappa shape index (κ2) is 4.17. The number of halogens is 1. The molecule has 1 aliphatic heterocycles. The molecule has 0 atom stereocenters. The number of aromatic nitrogens is 3. The first-order valence-electron chi connectivity index (χ1n) is 5.57. The second-order valence-corrected chi connectivity index (χ2v) is 4.62. The lowest BCUT2D eigenvalue weighted by molar-refractivity contribution is -0.114. The minimum Gasteiger partial charge on any atom is -0.319 e. The van der Waals surface area contributed by atoms with Crippen molar-refractivity contribution in [1.29, 1.82) is 0 Å². The Kier molecular flexibility index (Phi) is 2.60. The summed E-state index contributed by atoms with van der Waals surface area (Å²) < 4.78 is 1.69. The first-order chi connectivity index (χ1) is 9.09. The van der Waals surface area contributed by atoms with Crippen LogP contribution >= 0.6 is 11.6 Å². The molecule has 2 heterocycles. The number of ketones is 1. The molecule has 0 spiro atoms. The van der Waals surface area contributed by atoms with Crippen molar-refractivity contribution >= 4 is 29.0 Å². The number of carbonyl (C=O) groups excluding carboxylic acids is 2. The van der Waals surface area contributed by atoms with E-state index in [2.05, 4.69) is 10.2 Å². The van der Waals surface area contributed by atoms with Gasteiger partial charge in [-0.2, -0.15) is 0 Å². The van der Waals surface area contributed by atoms with Gasteiger partial charge in [0.25, 0.3) is 11.7 Å². The van der Waals surface area contributed by atoms with Crippen LogP contribution in [0.4, 0.5) is 5.69 Å². The highest BCUT2D eigenvalue weighted by Crippen LogP contribution is 2.36. The van der Waals surface area contributed by atoms with Crippen molar-refractivity contribution in [3.63, 3.8) is 0 Å². The summed E-state index contributed by atoms with van der Waals surface area (Å²) in [4.78, 5) is 25.2. The Bertz CT molecular complexity index is 695. The third-order valence-corrected chi connectivity index (χ3v) is 3.35. The molecule has 6 nitrogen and oxygen atoms in total. The number of Topliss-reactive ketones (excluding diaryl/α,β-unsaturated/α-hetero) is 1. The van der Waals surface area contributed by atoms with E-state index in [0.717, 1.165) is 0 Å². The summed E-state index contributed by atoms with van der Waals surface area (Å²) in [5.74, 6) is -0.556. The molecule has 0 N–H and O–H groups in total. The Balaban J connectivity index is 2.07. The van der Waals surface area contributed by atoms with Crippen LogP contribution in [0.5, 0.6) is 0 Å². The highest BCUT2D eigenvalue weighted by atomic mass is 35.5. The maximum absolute atomic E-state index is 12.0. The minimum atomic E-state index is -0.592. The summed E-state index contributed by atoms with van der Waals surface area (Å²) in [7, 11) is 1.77. The molecule has 0 radical (unpaired) electrons. The monoisotopic (exact) mass is 276 g/mol. The molecule has 3 rings (SSSR count). The zero-order valence-electron chi connectivity index (χ0n) is 10.00. The van der Waals surface area contributed by atoms with Gasteiger partial charge < -0.3 is 4.57 Å². The molecule has 96 valence electrons. The van der Waals surface area contributed by atoms with Crippen molar-refractivity contribution in [2.45, 2.75) is 6.54 Å². The molecule has 0 bridgehead atoms. The number of para-hydroxylation sites is 1. The molecule has 7 heteroatoms. The fourth-order valence-electron chi connectivity index (χ4n) is 2.05. The Hall–Kier alpha value is -2.21. The van der Waals surface area contributed by atoms with Gasteiger partial charge in [0.2, 0.25) is 0 Å². The molecule has 1 aliphatic rings. The number of aryl methyl sites for hydroxylation is 1. The lowest BCUT2D eigenvalue weighted by Crippen LogP contribution is -2.30. The van der Waals surface area contributed by atoms with E-state index >= 15 is 0 Å². The summed E-state index contributed by atoms with van der Waals surface area (Å²) in [6, 6.07) is 4.90. The van der Waals surface area contributed by atoms with Gasteiger partial charge in [-0.05, 0) is 12.1 Å². The van der Waals surface area contributed by atoms with E-state index < -0.39 is 11.7 Å². The Morgan fingerprint density at radius 1 is 1.32 bits per heavy atom. The predicted octanol–water partition coefficient (Wildman–Crippen LogP) is 1.20. The Morgan fingerprint density at radius 2 is 2.11 bits per heavy atom. The molecular weight excluding hydrogens is 268 g/mol. The van der Waals surface area contributed by atoms with Gasteiger partial charge in [-0.15, -0.1) is 10.2 Å². The smallest absolute Gasteiger partial charge is 0.299 e. The normalized spacial score (nSPS) is 14.1. The first-order valence-corrected chi connectivity index (χ1v) is 5.95. The van der Waals surface area contributed by atoms with Crippen LogP contribution in [0, 0.1) is 0 Å². The zero-order chi connectivity index (χ0) is 13.6. The van der Waals surface area contributed by atoms with Crippen LogP contribution in [-0.4, -0.2) is 26.5 Å². The molecular formula is C12H9ClN4O2. The van der Waals surface area contributed by atoms with Gasteiger partial charge in [-0.3, -0.25) is 14.5 Å². The molecule has 1 amide bonds. The number of rotatable bonds is 2. The molecule has 0 unspecified atom stereocenters. The standard InChI is InChI=1S/C12H9ClN4O2/c1-16-6-14-15-9(16)5-17-10-7(11(18)12(17)19)3-2-4-8(10)13/h2-4,6H,5H2,1H3. The molecule has 19 heavy (non-hydrogen) atoms. The molecule has 2 aromatic rings. The quantitative estimate of drug-likeness (QED) is 0.773. The van der Waals surface area contributed by atoms with E-state index in [1.807, 2.05) is 0 Å². The Morgan fingerprint density at radius 3 is 2.79 bits per heavy atom. The second-order valence-electron chi connectivity index (χ2n) is 4.21. The average Bonchev–Trinajstić information content (AvgIpc) is 2.89. The lowest BCUT2D eigenvalue weighted by Gasteiger charge is -2.16. The van der Waals surface area contributed by atoms with E-state index in [-0.39, 0.29) is 6.54 Å². The van der Waals surface area contributed by atoms with E-state index in [0.29, 0.717) is 22.1 Å². The summed E-state index contributed by atoms with van der Waals surface area (Å²) in [5, 5.41) is 8.02. The van der Waals surface area contributed by atoms with Crippen LogP contribution in [-0.2, 0) is 18.4 Å². The van der Waals surface area contributed by atoms with Gasteiger partial charge in [-0.25, -0.2) is 0 Å². The van der Waals surface area contributed by atoms with Crippen LogP contribution in [0.3, 0.4) is 0 Å². The first kappa shape index (κ1) is 11.9. The summed E-state index contributed by atoms with van der Waals surface area (Å²) in [6.07, 6.45) is 1.53. The summed E-state index contributed by atoms with van der Waals surface area (Å²) in [5.41, 5.74) is 0.779. The van der Waals surface area contributed by atoms with Gasteiger partial charge in [0.15, 0.2) is 5.82 Å². The van der Waals surface area contributed by atoms with Gasteiger partial charge in [0.05, 0.1) is 22.8 Å². The van der Waals surface area contributed by atoms with Crippen molar-refractivity contribution in [3.8, 4) is 0 Å². The molecule has 0 aliphatic carbocycles. The summed E-state index contributed by atoms with van der Waals surface area (Å²) >= 11 is 6.09. The molecule has 0 fully saturated rings. The number of hydrogen-bond donors (Lipinski definition) is 0. The SMILES string of the molecule is Cn1cnnc1CN1C(=O)C(=O)c2cccc(Cl)c21. The van der Waals surface area contributed by atoms with Crippen molar-refractivity contribution in [2.24, 2.45) is 7.05 Å². The molecule has 0 saturated carbocycles.